The summed E-state index contributed by atoms with van der Waals surface area (Å²) in [4.78, 5) is 24.4. The van der Waals surface area contributed by atoms with E-state index in [1.807, 2.05) is 6.08 Å². The number of nitrogens with one attached hydrogen (secondary N) is 1. The monoisotopic (exact) mass is 870 g/mol. The van der Waals surface area contributed by atoms with Gasteiger partial charge in [0, 0.05) is 12.8 Å². The second-order valence-corrected chi connectivity index (χ2v) is 18.2. The lowest BCUT2D eigenvalue weighted by Gasteiger charge is -2.20. The lowest BCUT2D eigenvalue weighted by Crippen LogP contribution is -2.45. The highest BCUT2D eigenvalue weighted by atomic mass is 16.5. The van der Waals surface area contributed by atoms with Crippen molar-refractivity contribution >= 4 is 11.9 Å². The van der Waals surface area contributed by atoms with Gasteiger partial charge in [0.05, 0.1) is 25.4 Å². The van der Waals surface area contributed by atoms with E-state index in [2.05, 4.69) is 55.6 Å². The van der Waals surface area contributed by atoms with E-state index in [4.69, 9.17) is 4.74 Å². The number of carbonyl (C=O) groups is 2. The average Bonchev–Trinajstić information content (AvgIpc) is 3.27. The van der Waals surface area contributed by atoms with Crippen molar-refractivity contribution in [3.8, 4) is 0 Å². The molecule has 6 nitrogen and oxygen atoms in total. The van der Waals surface area contributed by atoms with Gasteiger partial charge in [-0.2, -0.15) is 0 Å². The van der Waals surface area contributed by atoms with Gasteiger partial charge in [0.1, 0.15) is 0 Å². The van der Waals surface area contributed by atoms with Gasteiger partial charge in [-0.1, -0.05) is 217 Å². The molecule has 0 fully saturated rings. The van der Waals surface area contributed by atoms with Gasteiger partial charge in [0.15, 0.2) is 0 Å². The molecule has 0 aliphatic rings. The van der Waals surface area contributed by atoms with Crippen LogP contribution in [0.3, 0.4) is 0 Å². The first-order valence-corrected chi connectivity index (χ1v) is 26.9. The van der Waals surface area contributed by atoms with Crippen LogP contribution in [0, 0.1) is 0 Å². The van der Waals surface area contributed by atoms with Crippen LogP contribution in [0.1, 0.15) is 271 Å². The Balaban J connectivity index is 3.47. The quantitative estimate of drug-likeness (QED) is 0.0322. The van der Waals surface area contributed by atoms with E-state index in [-0.39, 0.29) is 18.5 Å². The largest absolute Gasteiger partial charge is 0.466 e. The number of hydrogen-bond acceptors (Lipinski definition) is 5. The molecule has 0 heterocycles. The van der Waals surface area contributed by atoms with Gasteiger partial charge in [-0.3, -0.25) is 9.59 Å². The summed E-state index contributed by atoms with van der Waals surface area (Å²) in [5.41, 5.74) is 0. The smallest absolute Gasteiger partial charge is 0.305 e. The molecule has 0 bridgehead atoms. The number of esters is 1. The van der Waals surface area contributed by atoms with Gasteiger partial charge < -0.3 is 20.3 Å². The normalized spacial score (nSPS) is 13.0. The second kappa shape index (κ2) is 51.5. The number of amides is 1. The molecule has 1 amide bonds. The third-order valence-corrected chi connectivity index (χ3v) is 12.1. The number of unbranched alkanes of at least 4 members (excludes halogenated alkanes) is 32. The van der Waals surface area contributed by atoms with E-state index in [1.165, 1.54) is 180 Å². The zero-order valence-electron chi connectivity index (χ0n) is 41.1. The molecule has 0 radical (unpaired) electrons. The Morgan fingerprint density at radius 1 is 0.452 bits per heavy atom. The minimum Gasteiger partial charge on any atom is -0.466 e. The maximum absolute atomic E-state index is 12.4. The summed E-state index contributed by atoms with van der Waals surface area (Å²) in [6.45, 7) is 4.83. The number of hydrogen-bond donors (Lipinski definition) is 3. The minimum absolute atomic E-state index is 0.0118. The molecule has 0 aromatic heterocycles. The molecule has 6 heteroatoms. The molecule has 0 aromatic carbocycles. The molecule has 62 heavy (non-hydrogen) atoms. The number of allylic oxidation sites excluding steroid dienone is 7. The summed E-state index contributed by atoms with van der Waals surface area (Å²) < 4.78 is 5.46. The Kier molecular flexibility index (Phi) is 49.6. The Hall–Kier alpha value is -2.18. The first-order chi connectivity index (χ1) is 30.5. The van der Waals surface area contributed by atoms with E-state index in [1.54, 1.807) is 6.08 Å². The maximum Gasteiger partial charge on any atom is 0.305 e. The highest BCUT2D eigenvalue weighted by Crippen LogP contribution is 2.15. The van der Waals surface area contributed by atoms with Crippen LogP contribution < -0.4 is 5.32 Å². The number of aliphatic hydroxyl groups excluding tert-OH is 2. The molecule has 2 unspecified atom stereocenters. The van der Waals surface area contributed by atoms with Crippen molar-refractivity contribution < 1.29 is 24.5 Å². The predicted molar refractivity (Wildman–Crippen MR) is 269 cm³/mol. The van der Waals surface area contributed by atoms with Gasteiger partial charge in [-0.25, -0.2) is 0 Å². The molecule has 3 N–H and O–H groups in total. The highest BCUT2D eigenvalue weighted by Gasteiger charge is 2.18. The van der Waals surface area contributed by atoms with Gasteiger partial charge in [0.25, 0.3) is 0 Å². The Morgan fingerprint density at radius 3 is 1.27 bits per heavy atom. The number of rotatable bonds is 49. The first-order valence-electron chi connectivity index (χ1n) is 26.9. The predicted octanol–water partition coefficient (Wildman–Crippen LogP) is 16.2. The molecule has 0 saturated heterocycles. The summed E-state index contributed by atoms with van der Waals surface area (Å²) in [7, 11) is 0. The maximum atomic E-state index is 12.4. The van der Waals surface area contributed by atoms with Crippen LogP contribution >= 0.6 is 0 Å². The van der Waals surface area contributed by atoms with Crippen LogP contribution in [-0.2, 0) is 14.3 Å². The lowest BCUT2D eigenvalue weighted by atomic mass is 10.1. The zero-order chi connectivity index (χ0) is 45.1. The van der Waals surface area contributed by atoms with Gasteiger partial charge in [0.2, 0.25) is 5.91 Å². The first kappa shape index (κ1) is 59.8. The van der Waals surface area contributed by atoms with Crippen molar-refractivity contribution in [2.45, 2.75) is 283 Å². The van der Waals surface area contributed by atoms with Crippen molar-refractivity contribution in [2.24, 2.45) is 0 Å². The molecule has 0 spiro atoms. The molecule has 0 saturated carbocycles. The van der Waals surface area contributed by atoms with Crippen LogP contribution in [-0.4, -0.2) is 47.4 Å². The molecule has 0 aliphatic heterocycles. The summed E-state index contributed by atoms with van der Waals surface area (Å²) in [6, 6.07) is -0.634. The van der Waals surface area contributed by atoms with Crippen LogP contribution in [0.25, 0.3) is 0 Å². The number of carbonyl (C=O) groups excluding carboxylic acids is 2. The van der Waals surface area contributed by atoms with Gasteiger partial charge in [-0.05, 0) is 89.9 Å². The van der Waals surface area contributed by atoms with Crippen LogP contribution in [0.4, 0.5) is 0 Å². The van der Waals surface area contributed by atoms with Crippen molar-refractivity contribution in [1.29, 1.82) is 0 Å². The van der Waals surface area contributed by atoms with Crippen molar-refractivity contribution in [2.75, 3.05) is 13.2 Å². The van der Waals surface area contributed by atoms with Crippen molar-refractivity contribution in [3.05, 3.63) is 48.6 Å². The van der Waals surface area contributed by atoms with Gasteiger partial charge in [-0.15, -0.1) is 0 Å². The summed E-state index contributed by atoms with van der Waals surface area (Å²) in [5.74, 6) is -0.0922. The minimum atomic E-state index is -0.850. The Labute approximate surface area is 385 Å². The van der Waals surface area contributed by atoms with Crippen LogP contribution in [0.5, 0.6) is 0 Å². The lowest BCUT2D eigenvalue weighted by molar-refractivity contribution is -0.143. The average molecular weight is 870 g/mol. The highest BCUT2D eigenvalue weighted by molar-refractivity contribution is 5.76. The van der Waals surface area contributed by atoms with Crippen LogP contribution in [0.2, 0.25) is 0 Å². The fourth-order valence-corrected chi connectivity index (χ4v) is 7.89. The van der Waals surface area contributed by atoms with Crippen molar-refractivity contribution in [1.82, 2.24) is 5.32 Å². The summed E-state index contributed by atoms with van der Waals surface area (Å²) >= 11 is 0. The molecule has 0 rings (SSSR count). The van der Waals surface area contributed by atoms with E-state index in [0.29, 0.717) is 19.4 Å². The van der Waals surface area contributed by atoms with Crippen molar-refractivity contribution in [3.63, 3.8) is 0 Å². The molecule has 0 aliphatic carbocycles. The van der Waals surface area contributed by atoms with Crippen LogP contribution in [0.15, 0.2) is 48.6 Å². The summed E-state index contributed by atoms with van der Waals surface area (Å²) in [6.07, 6.45) is 64.0. The number of ether oxygens (including phenoxy) is 1. The Morgan fingerprint density at radius 2 is 0.806 bits per heavy atom. The molecular formula is C56H103NO5. The van der Waals surface area contributed by atoms with Gasteiger partial charge >= 0.3 is 5.97 Å². The van der Waals surface area contributed by atoms with E-state index >= 15 is 0 Å². The van der Waals surface area contributed by atoms with E-state index < -0.39 is 12.1 Å². The molecule has 0 aromatic rings. The standard InChI is InChI=1S/C56H103NO5/c1-3-5-7-9-11-13-15-16-22-26-30-34-38-42-46-50-56(61)62-51-47-43-39-35-31-27-24-21-19-17-18-20-23-25-29-33-37-41-45-49-55(60)57-53(52-58)54(59)48-44-40-36-32-28-14-12-10-8-6-4-2/h11,13,16-18,22,44,48,53-54,58-59H,3-10,12,14-15,19-21,23-43,45-47,49-52H2,1-2H3,(H,57,60)/b13-11-,18-17-,22-16-,48-44+. The molecule has 362 valence electrons. The third-order valence-electron chi connectivity index (χ3n) is 12.1. The SMILES string of the molecule is CCCCC/C=C\C/C=C\CCCCCCCC(=O)OCCCCCCCCCC/C=C\CCCCCCCCCC(=O)NC(CO)C(O)/C=C/CCCCCCCCCCC. The molecule has 2 atom stereocenters. The zero-order valence-corrected chi connectivity index (χ0v) is 41.1. The van der Waals surface area contributed by atoms with E-state index in [9.17, 15) is 19.8 Å². The molecular weight excluding hydrogens is 767 g/mol. The van der Waals surface area contributed by atoms with E-state index in [0.717, 1.165) is 64.2 Å². The Bertz CT molecular complexity index is 1050. The number of aliphatic hydroxyl groups is 2. The topological polar surface area (TPSA) is 95.9 Å². The fraction of sp³-hybridized carbons (Fsp3) is 0.821. The summed E-state index contributed by atoms with van der Waals surface area (Å²) in [5, 5.41) is 23.0. The third kappa shape index (κ3) is 47.3. The second-order valence-electron chi connectivity index (χ2n) is 18.2. The fourth-order valence-electron chi connectivity index (χ4n) is 7.89.